The molecule has 58 heavy (non-hydrogen) atoms. The van der Waals surface area contributed by atoms with Crippen LogP contribution in [0.3, 0.4) is 0 Å². The molecule has 5 heteroatoms. The summed E-state index contributed by atoms with van der Waals surface area (Å²) in [6.45, 7) is 0. The van der Waals surface area contributed by atoms with Gasteiger partial charge in [-0.05, 0) is 87.8 Å². The molecular formula is C53H36N4S. The molecule has 1 atom stereocenters. The molecule has 1 aliphatic heterocycles. The van der Waals surface area contributed by atoms with E-state index in [2.05, 4.69) is 192 Å². The van der Waals surface area contributed by atoms with E-state index in [1.54, 1.807) is 0 Å². The van der Waals surface area contributed by atoms with Crippen molar-refractivity contribution >= 4 is 77.3 Å². The van der Waals surface area contributed by atoms with Crippen LogP contribution in [0.5, 0.6) is 0 Å². The van der Waals surface area contributed by atoms with Gasteiger partial charge in [-0.25, -0.2) is 9.97 Å². The Labute approximate surface area is 340 Å². The first-order valence-corrected chi connectivity index (χ1v) is 20.9. The van der Waals surface area contributed by atoms with E-state index in [0.717, 1.165) is 46.3 Å². The molecule has 1 N–H and O–H groups in total. The summed E-state index contributed by atoms with van der Waals surface area (Å²) in [5.41, 5.74) is 11.0. The van der Waals surface area contributed by atoms with E-state index in [1.807, 2.05) is 11.8 Å². The molecule has 1 unspecified atom stereocenters. The number of nitrogens with one attached hydrogen (secondary N) is 1. The van der Waals surface area contributed by atoms with Gasteiger partial charge in [0.05, 0.1) is 28.1 Å². The smallest absolute Gasteiger partial charge is 0.160 e. The lowest BCUT2D eigenvalue weighted by Crippen LogP contribution is -2.01. The largest absolute Gasteiger partial charge is 0.368 e. The Hall–Kier alpha value is -6.95. The fraction of sp³-hybridized carbons (Fsp3) is 0.0566. The summed E-state index contributed by atoms with van der Waals surface area (Å²) in [6, 6.07) is 59.2. The number of thioether (sulfide) groups is 1. The summed E-state index contributed by atoms with van der Waals surface area (Å²) in [7, 11) is 0. The summed E-state index contributed by atoms with van der Waals surface area (Å²) in [5.74, 6) is 0.708. The normalized spacial score (nSPS) is 15.0. The number of allylic oxidation sites excluding steroid dienone is 4. The zero-order valence-corrected chi connectivity index (χ0v) is 32.4. The highest BCUT2D eigenvalue weighted by molar-refractivity contribution is 8.00. The Bertz CT molecular complexity index is 3340. The second-order valence-electron chi connectivity index (χ2n) is 15.3. The molecule has 8 aromatic carbocycles. The fourth-order valence-corrected chi connectivity index (χ4v) is 10.1. The summed E-state index contributed by atoms with van der Waals surface area (Å²) >= 11 is 1.88. The average Bonchev–Trinajstić information content (AvgIpc) is 3.88. The fourth-order valence-electron chi connectivity index (χ4n) is 8.97. The highest BCUT2D eigenvalue weighted by Crippen LogP contribution is 2.51. The highest BCUT2D eigenvalue weighted by atomic mass is 32.2. The summed E-state index contributed by atoms with van der Waals surface area (Å²) < 4.78 is 2.44. The van der Waals surface area contributed by atoms with Crippen LogP contribution < -0.4 is 5.32 Å². The van der Waals surface area contributed by atoms with Crippen molar-refractivity contribution in [2.75, 3.05) is 5.32 Å². The van der Waals surface area contributed by atoms with Crippen molar-refractivity contribution in [1.29, 1.82) is 0 Å². The Kier molecular flexibility index (Phi) is 7.63. The van der Waals surface area contributed by atoms with Gasteiger partial charge in [-0.2, -0.15) is 0 Å². The third-order valence-corrected chi connectivity index (χ3v) is 13.0. The van der Waals surface area contributed by atoms with Crippen molar-refractivity contribution in [3.8, 4) is 33.9 Å². The first kappa shape index (κ1) is 33.2. The molecule has 3 heterocycles. The molecule has 274 valence electrons. The molecule has 0 saturated carbocycles. The van der Waals surface area contributed by atoms with Gasteiger partial charge in [0, 0.05) is 43.4 Å². The van der Waals surface area contributed by atoms with E-state index in [9.17, 15) is 0 Å². The minimum absolute atomic E-state index is 0.180. The number of anilines is 1. The molecule has 12 rings (SSSR count). The van der Waals surface area contributed by atoms with Gasteiger partial charge >= 0.3 is 0 Å². The Balaban J connectivity index is 1.02. The molecule has 0 saturated heterocycles. The van der Waals surface area contributed by atoms with Gasteiger partial charge in [-0.1, -0.05) is 151 Å². The number of hydrogen-bond acceptors (Lipinski definition) is 4. The lowest BCUT2D eigenvalue weighted by molar-refractivity contribution is 1.02. The second-order valence-corrected chi connectivity index (χ2v) is 16.5. The quantitative estimate of drug-likeness (QED) is 0.177. The molecule has 10 aromatic rings. The second kappa shape index (κ2) is 13.3. The number of fused-ring (bicyclic) bond motifs is 9. The molecule has 0 bridgehead atoms. The van der Waals surface area contributed by atoms with Gasteiger partial charge in [-0.15, -0.1) is 0 Å². The molecule has 0 spiro atoms. The zero-order chi connectivity index (χ0) is 38.2. The topological polar surface area (TPSA) is 42.7 Å². The van der Waals surface area contributed by atoms with Crippen LogP contribution in [0.15, 0.2) is 187 Å². The minimum Gasteiger partial charge on any atom is -0.368 e. The number of nitrogens with zero attached hydrogens (tertiary/aromatic N) is 3. The van der Waals surface area contributed by atoms with Crippen LogP contribution in [0.4, 0.5) is 5.69 Å². The van der Waals surface area contributed by atoms with Crippen LogP contribution in [0.2, 0.25) is 0 Å². The van der Waals surface area contributed by atoms with Crippen LogP contribution in [-0.4, -0.2) is 14.5 Å². The molecule has 0 radical (unpaired) electrons. The van der Waals surface area contributed by atoms with Crippen molar-refractivity contribution < 1.29 is 0 Å². The van der Waals surface area contributed by atoms with Crippen molar-refractivity contribution in [2.24, 2.45) is 0 Å². The molecule has 0 fully saturated rings. The lowest BCUT2D eigenvalue weighted by atomic mass is 9.98. The first-order valence-electron chi connectivity index (χ1n) is 20.0. The van der Waals surface area contributed by atoms with Gasteiger partial charge in [0.25, 0.3) is 0 Å². The zero-order valence-electron chi connectivity index (χ0n) is 31.6. The molecule has 2 aliphatic rings. The van der Waals surface area contributed by atoms with Gasteiger partial charge in [0.15, 0.2) is 5.82 Å². The van der Waals surface area contributed by atoms with E-state index in [4.69, 9.17) is 9.97 Å². The summed E-state index contributed by atoms with van der Waals surface area (Å²) in [4.78, 5) is 11.9. The van der Waals surface area contributed by atoms with Crippen LogP contribution in [0.1, 0.15) is 23.8 Å². The maximum Gasteiger partial charge on any atom is 0.160 e. The SMILES string of the molecule is C1=CC(n2c3cc(-c4cc(-c5ccccc5)nc(-c5ccc6c(ccc7ccc8c(c76)NC(c6ccccc6)S8)c5)n4)ccc3c3cc4ccccc4cc32)=CCC1. The van der Waals surface area contributed by atoms with E-state index >= 15 is 0 Å². The number of rotatable bonds is 5. The Morgan fingerprint density at radius 1 is 0.534 bits per heavy atom. The van der Waals surface area contributed by atoms with Gasteiger partial charge < -0.3 is 9.88 Å². The maximum absolute atomic E-state index is 5.35. The number of aromatic nitrogens is 3. The number of hydrogen-bond donors (Lipinski definition) is 1. The van der Waals surface area contributed by atoms with Crippen LogP contribution in [-0.2, 0) is 0 Å². The monoisotopic (exact) mass is 760 g/mol. The lowest BCUT2D eigenvalue weighted by Gasteiger charge is -2.14. The van der Waals surface area contributed by atoms with Crippen molar-refractivity contribution in [1.82, 2.24) is 14.5 Å². The third kappa shape index (κ3) is 5.46. The van der Waals surface area contributed by atoms with Crippen LogP contribution in [0.25, 0.3) is 93.7 Å². The van der Waals surface area contributed by atoms with Gasteiger partial charge in [-0.3, -0.25) is 0 Å². The molecule has 1 aliphatic carbocycles. The number of benzene rings is 8. The van der Waals surface area contributed by atoms with Crippen molar-refractivity contribution in [3.05, 3.63) is 188 Å². The predicted octanol–water partition coefficient (Wildman–Crippen LogP) is 14.5. The minimum atomic E-state index is 0.180. The van der Waals surface area contributed by atoms with E-state index in [-0.39, 0.29) is 5.37 Å². The average molecular weight is 761 g/mol. The molecular weight excluding hydrogens is 725 g/mol. The van der Waals surface area contributed by atoms with E-state index < -0.39 is 0 Å². The molecule has 0 amide bonds. The van der Waals surface area contributed by atoms with Crippen LogP contribution in [0, 0.1) is 0 Å². The molecule has 4 nitrogen and oxygen atoms in total. The first-order chi connectivity index (χ1) is 28.7. The standard InChI is InChI=1S/C53H36N4S/c1-4-12-33(13-5-1)45-32-46(39-22-26-43-44-29-36-16-10-11-17-37(36)30-48(44)57(47(43)31-39)41-18-8-3-9-19-41)55-52(54-45)40-23-25-42-38(28-40)21-20-34-24-27-49-51(50(34)42)56-53(58-49)35-14-6-2-7-15-35/h1-2,4-8,10-32,53,56H,3,9H2. The van der Waals surface area contributed by atoms with E-state index in [1.165, 1.54) is 70.6 Å². The third-order valence-electron chi connectivity index (χ3n) is 11.8. The van der Waals surface area contributed by atoms with Gasteiger partial charge in [0.1, 0.15) is 5.37 Å². The van der Waals surface area contributed by atoms with E-state index in [0.29, 0.717) is 5.82 Å². The summed E-state index contributed by atoms with van der Waals surface area (Å²) in [5, 5.41) is 13.9. The highest BCUT2D eigenvalue weighted by Gasteiger charge is 2.25. The maximum atomic E-state index is 5.35. The molecule has 2 aromatic heterocycles. The predicted molar refractivity (Wildman–Crippen MR) is 245 cm³/mol. The Morgan fingerprint density at radius 2 is 1.24 bits per heavy atom. The van der Waals surface area contributed by atoms with Gasteiger partial charge in [0.2, 0.25) is 0 Å². The summed E-state index contributed by atoms with van der Waals surface area (Å²) in [6.07, 6.45) is 9.03. The van der Waals surface area contributed by atoms with Crippen LogP contribution >= 0.6 is 11.8 Å². The van der Waals surface area contributed by atoms with Crippen molar-refractivity contribution in [3.63, 3.8) is 0 Å². The van der Waals surface area contributed by atoms with Crippen molar-refractivity contribution in [2.45, 2.75) is 23.1 Å². The Morgan fingerprint density at radius 3 is 2.07 bits per heavy atom.